The van der Waals surface area contributed by atoms with Gasteiger partial charge < -0.3 is 9.64 Å². The zero-order chi connectivity index (χ0) is 21.0. The SMILES string of the molecule is CCN(CC(C)C(=O)OC)C(=O)Cc1c(C)nn(-c2ccc(C)c(Cl)c2)c1C. The molecule has 2 aromatic rings. The van der Waals surface area contributed by atoms with Gasteiger partial charge in [0.05, 0.1) is 30.8 Å². The molecule has 152 valence electrons. The first kappa shape index (κ1) is 22.0. The van der Waals surface area contributed by atoms with Crippen LogP contribution >= 0.6 is 11.6 Å². The van der Waals surface area contributed by atoms with Crippen LogP contribution in [0.25, 0.3) is 5.69 Å². The van der Waals surface area contributed by atoms with Crippen LogP contribution < -0.4 is 0 Å². The second kappa shape index (κ2) is 9.24. The number of amides is 1. The van der Waals surface area contributed by atoms with Crippen molar-refractivity contribution in [3.63, 3.8) is 0 Å². The Kier molecular flexibility index (Phi) is 7.24. The van der Waals surface area contributed by atoms with Gasteiger partial charge in [-0.15, -0.1) is 0 Å². The first-order valence-corrected chi connectivity index (χ1v) is 9.74. The maximum atomic E-state index is 12.9. The number of aromatic nitrogens is 2. The normalized spacial score (nSPS) is 12.0. The van der Waals surface area contributed by atoms with Crippen molar-refractivity contribution in [1.29, 1.82) is 0 Å². The summed E-state index contributed by atoms with van der Waals surface area (Å²) in [4.78, 5) is 26.2. The number of methoxy groups -OCH3 is 1. The van der Waals surface area contributed by atoms with E-state index in [9.17, 15) is 9.59 Å². The molecule has 0 bridgehead atoms. The van der Waals surface area contributed by atoms with Crippen molar-refractivity contribution < 1.29 is 14.3 Å². The highest BCUT2D eigenvalue weighted by atomic mass is 35.5. The van der Waals surface area contributed by atoms with Gasteiger partial charge in [0, 0.05) is 29.4 Å². The molecular weight excluding hydrogens is 378 g/mol. The molecule has 1 aromatic carbocycles. The van der Waals surface area contributed by atoms with Crippen LogP contribution in [0.4, 0.5) is 0 Å². The van der Waals surface area contributed by atoms with Gasteiger partial charge in [0.1, 0.15) is 0 Å². The van der Waals surface area contributed by atoms with Crippen LogP contribution in [0.5, 0.6) is 0 Å². The molecule has 0 aliphatic heterocycles. The standard InChI is InChI=1S/C21H28ClN3O3/c1-7-24(12-14(3)21(27)28-6)20(26)11-18-15(4)23-25(16(18)5)17-9-8-13(2)19(22)10-17/h8-10,14H,7,11-12H2,1-6H3. The molecule has 1 aromatic heterocycles. The van der Waals surface area contributed by atoms with Crippen molar-refractivity contribution in [2.45, 2.75) is 41.0 Å². The maximum Gasteiger partial charge on any atom is 0.310 e. The van der Waals surface area contributed by atoms with E-state index < -0.39 is 0 Å². The fourth-order valence-corrected chi connectivity index (χ4v) is 3.35. The second-order valence-corrected chi connectivity index (χ2v) is 7.44. The summed E-state index contributed by atoms with van der Waals surface area (Å²) in [6.07, 6.45) is 0.235. The van der Waals surface area contributed by atoms with E-state index in [0.717, 1.165) is 28.2 Å². The third-order valence-corrected chi connectivity index (χ3v) is 5.41. The first-order valence-electron chi connectivity index (χ1n) is 9.36. The molecule has 0 aliphatic rings. The Balaban J connectivity index is 2.23. The van der Waals surface area contributed by atoms with Crippen molar-refractivity contribution >= 4 is 23.5 Å². The predicted octanol–water partition coefficient (Wildman–Crippen LogP) is 3.65. The highest BCUT2D eigenvalue weighted by Crippen LogP contribution is 2.23. The lowest BCUT2D eigenvalue weighted by molar-refractivity contribution is -0.146. The molecule has 0 fully saturated rings. The van der Waals surface area contributed by atoms with Gasteiger partial charge in [0.25, 0.3) is 0 Å². The van der Waals surface area contributed by atoms with E-state index in [1.165, 1.54) is 7.11 Å². The third kappa shape index (κ3) is 4.73. The number of hydrogen-bond donors (Lipinski definition) is 0. The smallest absolute Gasteiger partial charge is 0.310 e. The lowest BCUT2D eigenvalue weighted by atomic mass is 10.1. The first-order chi connectivity index (χ1) is 13.2. The van der Waals surface area contributed by atoms with E-state index in [1.54, 1.807) is 11.8 Å². The second-order valence-electron chi connectivity index (χ2n) is 7.03. The number of benzene rings is 1. The van der Waals surface area contributed by atoms with E-state index in [2.05, 4.69) is 5.10 Å². The Labute approximate surface area is 171 Å². The molecule has 7 heteroatoms. The van der Waals surface area contributed by atoms with E-state index >= 15 is 0 Å². The molecule has 0 saturated carbocycles. The molecule has 6 nitrogen and oxygen atoms in total. The van der Waals surface area contributed by atoms with Gasteiger partial charge in [-0.1, -0.05) is 24.6 Å². The number of carbonyl (C=O) groups is 2. The molecule has 0 spiro atoms. The Morgan fingerprint density at radius 3 is 2.54 bits per heavy atom. The van der Waals surface area contributed by atoms with Gasteiger partial charge >= 0.3 is 5.97 Å². The highest BCUT2D eigenvalue weighted by Gasteiger charge is 2.23. The molecular formula is C21H28ClN3O3. The van der Waals surface area contributed by atoms with Gasteiger partial charge in [-0.3, -0.25) is 9.59 Å². The quantitative estimate of drug-likeness (QED) is 0.659. The van der Waals surface area contributed by atoms with Crippen LogP contribution in [0, 0.1) is 26.7 Å². The molecule has 1 heterocycles. The largest absolute Gasteiger partial charge is 0.469 e. The van der Waals surface area contributed by atoms with E-state index in [-0.39, 0.29) is 24.2 Å². The monoisotopic (exact) mass is 405 g/mol. The average molecular weight is 406 g/mol. The molecule has 0 N–H and O–H groups in total. The summed E-state index contributed by atoms with van der Waals surface area (Å²) in [5.41, 5.74) is 4.47. The van der Waals surface area contributed by atoms with E-state index in [1.807, 2.05) is 50.6 Å². The summed E-state index contributed by atoms with van der Waals surface area (Å²) in [5, 5.41) is 5.28. The van der Waals surface area contributed by atoms with Crippen LogP contribution in [-0.2, 0) is 20.7 Å². The van der Waals surface area contributed by atoms with Crippen molar-refractivity contribution in [1.82, 2.24) is 14.7 Å². The number of carbonyl (C=O) groups excluding carboxylic acids is 2. The highest BCUT2D eigenvalue weighted by molar-refractivity contribution is 6.31. The summed E-state index contributed by atoms with van der Waals surface area (Å²) in [5.74, 6) is -0.720. The number of halogens is 1. The van der Waals surface area contributed by atoms with Crippen molar-refractivity contribution in [3.8, 4) is 5.69 Å². The zero-order valence-electron chi connectivity index (χ0n) is 17.4. The van der Waals surface area contributed by atoms with Crippen molar-refractivity contribution in [2.75, 3.05) is 20.2 Å². The van der Waals surface area contributed by atoms with Crippen molar-refractivity contribution in [2.24, 2.45) is 5.92 Å². The van der Waals surface area contributed by atoms with E-state index in [4.69, 9.17) is 16.3 Å². The topological polar surface area (TPSA) is 64.4 Å². The minimum Gasteiger partial charge on any atom is -0.469 e. The molecule has 2 rings (SSSR count). The number of rotatable bonds is 7. The lowest BCUT2D eigenvalue weighted by Gasteiger charge is -2.23. The number of hydrogen-bond acceptors (Lipinski definition) is 4. The van der Waals surface area contributed by atoms with Crippen LogP contribution in [-0.4, -0.2) is 46.8 Å². The minimum absolute atomic E-state index is 0.0362. The fraction of sp³-hybridized carbons (Fsp3) is 0.476. The summed E-state index contributed by atoms with van der Waals surface area (Å²) >= 11 is 6.25. The van der Waals surface area contributed by atoms with Gasteiger partial charge in [0.15, 0.2) is 0 Å². The Morgan fingerprint density at radius 1 is 1.29 bits per heavy atom. The molecule has 1 atom stereocenters. The molecule has 0 aliphatic carbocycles. The average Bonchev–Trinajstić information content (AvgIpc) is 2.95. The summed E-state index contributed by atoms with van der Waals surface area (Å²) in [6.45, 7) is 10.3. The third-order valence-electron chi connectivity index (χ3n) is 5.00. The van der Waals surface area contributed by atoms with Crippen LogP contribution in [0.2, 0.25) is 5.02 Å². The lowest BCUT2D eigenvalue weighted by Crippen LogP contribution is -2.38. The number of esters is 1. The summed E-state index contributed by atoms with van der Waals surface area (Å²) in [6, 6.07) is 5.78. The predicted molar refractivity (Wildman–Crippen MR) is 110 cm³/mol. The molecule has 1 amide bonds. The van der Waals surface area contributed by atoms with Gasteiger partial charge in [-0.05, 0) is 45.4 Å². The van der Waals surface area contributed by atoms with Gasteiger partial charge in [0.2, 0.25) is 5.91 Å². The van der Waals surface area contributed by atoms with Gasteiger partial charge in [-0.2, -0.15) is 5.10 Å². The Morgan fingerprint density at radius 2 is 1.96 bits per heavy atom. The minimum atomic E-state index is -0.367. The number of aryl methyl sites for hydroxylation is 2. The molecule has 1 unspecified atom stereocenters. The number of likely N-dealkylation sites (N-methyl/N-ethyl adjacent to an activating group) is 1. The maximum absolute atomic E-state index is 12.9. The Bertz CT molecular complexity index is 876. The number of ether oxygens (including phenoxy) is 1. The Hall–Kier alpha value is -2.34. The van der Waals surface area contributed by atoms with Crippen molar-refractivity contribution in [3.05, 3.63) is 45.7 Å². The van der Waals surface area contributed by atoms with Crippen LogP contribution in [0.1, 0.15) is 36.4 Å². The molecule has 0 radical (unpaired) electrons. The zero-order valence-corrected chi connectivity index (χ0v) is 18.1. The fourth-order valence-electron chi connectivity index (χ4n) is 3.17. The van der Waals surface area contributed by atoms with Crippen LogP contribution in [0.3, 0.4) is 0 Å². The van der Waals surface area contributed by atoms with E-state index in [0.29, 0.717) is 18.1 Å². The van der Waals surface area contributed by atoms with Gasteiger partial charge in [-0.25, -0.2) is 4.68 Å². The summed E-state index contributed by atoms with van der Waals surface area (Å²) < 4.78 is 6.58. The number of nitrogens with zero attached hydrogens (tertiary/aromatic N) is 3. The molecule has 0 saturated heterocycles. The molecule has 28 heavy (non-hydrogen) atoms. The summed E-state index contributed by atoms with van der Waals surface area (Å²) in [7, 11) is 1.36. The van der Waals surface area contributed by atoms with Crippen LogP contribution in [0.15, 0.2) is 18.2 Å².